The number of hydrogen-bond donors (Lipinski definition) is 1. The maximum Gasteiger partial charge on any atom is 0.164 e. The first-order chi connectivity index (χ1) is 8.42. The highest BCUT2D eigenvalue weighted by Gasteiger charge is 2.10. The van der Waals surface area contributed by atoms with Crippen molar-refractivity contribution in [3.05, 3.63) is 32.9 Å². The lowest BCUT2D eigenvalue weighted by Crippen LogP contribution is -2.35. The zero-order valence-corrected chi connectivity index (χ0v) is 13.2. The molecule has 0 saturated carbocycles. The lowest BCUT2D eigenvalue weighted by atomic mass is 10.1. The van der Waals surface area contributed by atoms with E-state index in [9.17, 15) is 0 Å². The van der Waals surface area contributed by atoms with E-state index in [1.807, 2.05) is 4.68 Å². The van der Waals surface area contributed by atoms with E-state index in [0.717, 1.165) is 16.8 Å². The maximum absolute atomic E-state index is 4.45. The summed E-state index contributed by atoms with van der Waals surface area (Å²) in [6.45, 7) is 7.87. The second-order valence-electron chi connectivity index (χ2n) is 5.19. The molecule has 2 rings (SSSR count). The molecule has 0 bridgehead atoms. The summed E-state index contributed by atoms with van der Waals surface area (Å²) in [6, 6.07) is 2.11. The van der Waals surface area contributed by atoms with Crippen molar-refractivity contribution in [2.24, 2.45) is 0 Å². The van der Waals surface area contributed by atoms with Crippen molar-refractivity contribution in [3.63, 3.8) is 0 Å². The van der Waals surface area contributed by atoms with Gasteiger partial charge in [0.15, 0.2) is 5.82 Å². The molecule has 98 valence electrons. The first-order valence-electron chi connectivity index (χ1n) is 5.79. The van der Waals surface area contributed by atoms with Crippen molar-refractivity contribution < 1.29 is 0 Å². The van der Waals surface area contributed by atoms with Crippen molar-refractivity contribution in [3.8, 4) is 0 Å². The van der Waals surface area contributed by atoms with E-state index in [2.05, 4.69) is 63.5 Å². The summed E-state index contributed by atoms with van der Waals surface area (Å²) < 4.78 is 3.00. The van der Waals surface area contributed by atoms with Gasteiger partial charge in [-0.2, -0.15) is 5.10 Å². The molecular weight excluding hydrogens is 312 g/mol. The summed E-state index contributed by atoms with van der Waals surface area (Å²) in [6.07, 6.45) is 1.79. The fourth-order valence-corrected chi connectivity index (χ4v) is 2.87. The predicted octanol–water partition coefficient (Wildman–Crippen LogP) is 3.04. The average Bonchev–Trinajstić information content (AvgIpc) is 2.85. The molecule has 4 nitrogen and oxygen atoms in total. The molecule has 0 fully saturated rings. The van der Waals surface area contributed by atoms with Gasteiger partial charge in [0.1, 0.15) is 6.33 Å². The molecular formula is C12H17BrN4S. The molecule has 6 heteroatoms. The van der Waals surface area contributed by atoms with E-state index in [-0.39, 0.29) is 5.54 Å². The average molecular weight is 329 g/mol. The van der Waals surface area contributed by atoms with E-state index in [4.69, 9.17) is 0 Å². The van der Waals surface area contributed by atoms with Gasteiger partial charge >= 0.3 is 0 Å². The van der Waals surface area contributed by atoms with Crippen LogP contribution in [-0.4, -0.2) is 20.3 Å². The molecule has 2 aromatic heterocycles. The highest BCUT2D eigenvalue weighted by molar-refractivity contribution is 9.10. The minimum absolute atomic E-state index is 0.0874. The van der Waals surface area contributed by atoms with Gasteiger partial charge in [-0.3, -0.25) is 0 Å². The topological polar surface area (TPSA) is 42.7 Å². The first-order valence-corrected chi connectivity index (χ1v) is 7.46. The molecule has 0 radical (unpaired) electrons. The Balaban J connectivity index is 1.94. The maximum atomic E-state index is 4.45. The molecule has 1 N–H and O–H groups in total. The smallest absolute Gasteiger partial charge is 0.164 e. The van der Waals surface area contributed by atoms with Gasteiger partial charge in [-0.15, -0.1) is 11.3 Å². The van der Waals surface area contributed by atoms with Gasteiger partial charge in [0.25, 0.3) is 0 Å². The summed E-state index contributed by atoms with van der Waals surface area (Å²) in [7, 11) is 0. The van der Waals surface area contributed by atoms with Crippen molar-refractivity contribution in [2.45, 2.75) is 39.4 Å². The molecule has 0 spiro atoms. The number of hydrogen-bond acceptors (Lipinski definition) is 4. The zero-order chi connectivity index (χ0) is 13.2. The molecule has 0 aliphatic carbocycles. The number of nitrogens with zero attached hydrogens (tertiary/aromatic N) is 3. The standard InChI is InChI=1S/C12H17BrN4S/c1-12(2,3)15-5-11-14-8-17(16-11)6-10-4-9(13)7-18-10/h4,7-8,15H,5-6H2,1-3H3. The van der Waals surface area contributed by atoms with Crippen molar-refractivity contribution >= 4 is 27.3 Å². The molecule has 18 heavy (non-hydrogen) atoms. The van der Waals surface area contributed by atoms with Crippen LogP contribution in [0.3, 0.4) is 0 Å². The van der Waals surface area contributed by atoms with Crippen LogP contribution in [0.1, 0.15) is 31.5 Å². The van der Waals surface area contributed by atoms with Crippen LogP contribution in [0.4, 0.5) is 0 Å². The Bertz CT molecular complexity index is 512. The van der Waals surface area contributed by atoms with Gasteiger partial charge in [-0.25, -0.2) is 9.67 Å². The summed E-state index contributed by atoms with van der Waals surface area (Å²) in [5.74, 6) is 0.834. The fourth-order valence-electron chi connectivity index (χ4n) is 1.43. The highest BCUT2D eigenvalue weighted by atomic mass is 79.9. The Morgan fingerprint density at radius 2 is 2.22 bits per heavy atom. The van der Waals surface area contributed by atoms with Crippen LogP contribution in [0.5, 0.6) is 0 Å². The minimum atomic E-state index is 0.0874. The van der Waals surface area contributed by atoms with E-state index < -0.39 is 0 Å². The number of thiophene rings is 1. The van der Waals surface area contributed by atoms with Gasteiger partial charge in [0.05, 0.1) is 13.1 Å². The zero-order valence-electron chi connectivity index (χ0n) is 10.8. The van der Waals surface area contributed by atoms with Crippen molar-refractivity contribution in [2.75, 3.05) is 0 Å². The molecule has 2 aromatic rings. The van der Waals surface area contributed by atoms with Crippen LogP contribution in [0.2, 0.25) is 0 Å². The van der Waals surface area contributed by atoms with E-state index in [1.165, 1.54) is 4.88 Å². The van der Waals surface area contributed by atoms with Gasteiger partial charge in [-0.05, 0) is 42.8 Å². The third-order valence-corrected chi connectivity index (χ3v) is 3.98. The predicted molar refractivity (Wildman–Crippen MR) is 77.7 cm³/mol. The molecule has 0 aliphatic heterocycles. The minimum Gasteiger partial charge on any atom is -0.305 e. The molecule has 0 aliphatic rings. The summed E-state index contributed by atoms with van der Waals surface area (Å²) in [5.41, 5.74) is 0.0874. The van der Waals surface area contributed by atoms with Gasteiger partial charge in [0, 0.05) is 20.3 Å². The van der Waals surface area contributed by atoms with Crippen LogP contribution in [-0.2, 0) is 13.1 Å². The van der Waals surface area contributed by atoms with Crippen LogP contribution in [0.25, 0.3) is 0 Å². The van der Waals surface area contributed by atoms with Crippen LogP contribution in [0, 0.1) is 0 Å². The Morgan fingerprint density at radius 3 is 2.83 bits per heavy atom. The largest absolute Gasteiger partial charge is 0.305 e. The molecule has 0 unspecified atom stereocenters. The second kappa shape index (κ2) is 5.50. The summed E-state index contributed by atoms with van der Waals surface area (Å²) >= 11 is 5.17. The molecule has 0 amide bonds. The van der Waals surface area contributed by atoms with Crippen molar-refractivity contribution in [1.29, 1.82) is 0 Å². The number of aromatic nitrogens is 3. The quantitative estimate of drug-likeness (QED) is 0.938. The second-order valence-corrected chi connectivity index (χ2v) is 7.10. The van der Waals surface area contributed by atoms with Gasteiger partial charge in [-0.1, -0.05) is 0 Å². The molecule has 0 saturated heterocycles. The summed E-state index contributed by atoms with van der Waals surface area (Å²) in [4.78, 5) is 5.57. The summed E-state index contributed by atoms with van der Waals surface area (Å²) in [5, 5.41) is 9.91. The fraction of sp³-hybridized carbons (Fsp3) is 0.500. The third kappa shape index (κ3) is 4.19. The van der Waals surface area contributed by atoms with Gasteiger partial charge < -0.3 is 5.32 Å². The van der Waals surface area contributed by atoms with E-state index in [0.29, 0.717) is 6.54 Å². The Labute approximate surface area is 120 Å². The normalized spacial score (nSPS) is 12.0. The number of nitrogens with one attached hydrogen (secondary N) is 1. The lowest BCUT2D eigenvalue weighted by Gasteiger charge is -2.19. The number of rotatable bonds is 4. The third-order valence-electron chi connectivity index (χ3n) is 2.30. The Morgan fingerprint density at radius 1 is 1.44 bits per heavy atom. The molecule has 0 atom stereocenters. The molecule has 2 heterocycles. The lowest BCUT2D eigenvalue weighted by molar-refractivity contribution is 0.417. The SMILES string of the molecule is CC(C)(C)NCc1ncn(Cc2cc(Br)cs2)n1. The van der Waals surface area contributed by atoms with Crippen LogP contribution >= 0.6 is 27.3 Å². The first kappa shape index (κ1) is 13.7. The van der Waals surface area contributed by atoms with Crippen molar-refractivity contribution in [1.82, 2.24) is 20.1 Å². The van der Waals surface area contributed by atoms with Crippen LogP contribution in [0.15, 0.2) is 22.2 Å². The Kier molecular flexibility index (Phi) is 4.19. The van der Waals surface area contributed by atoms with Crippen LogP contribution < -0.4 is 5.32 Å². The van der Waals surface area contributed by atoms with Gasteiger partial charge in [0.2, 0.25) is 0 Å². The molecule has 0 aromatic carbocycles. The highest BCUT2D eigenvalue weighted by Crippen LogP contribution is 2.20. The van der Waals surface area contributed by atoms with E-state index in [1.54, 1.807) is 17.7 Å². The Hall–Kier alpha value is -0.720. The number of halogens is 1. The van der Waals surface area contributed by atoms with E-state index >= 15 is 0 Å². The monoisotopic (exact) mass is 328 g/mol.